The highest BCUT2D eigenvalue weighted by atomic mass is 32.2. The Labute approximate surface area is 150 Å². The van der Waals surface area contributed by atoms with Crippen molar-refractivity contribution in [2.45, 2.75) is 17.6 Å². The lowest BCUT2D eigenvalue weighted by Gasteiger charge is -2.21. The van der Waals surface area contributed by atoms with Gasteiger partial charge in [0.05, 0.1) is 10.5 Å². The van der Waals surface area contributed by atoms with Gasteiger partial charge in [0.2, 0.25) is 0 Å². The Bertz CT molecular complexity index is 917. The molecule has 138 valence electrons. The Hall–Kier alpha value is -2.66. The zero-order valence-corrected chi connectivity index (χ0v) is 15.0. The van der Waals surface area contributed by atoms with Crippen LogP contribution in [-0.4, -0.2) is 26.8 Å². The van der Waals surface area contributed by atoms with Crippen LogP contribution >= 0.6 is 0 Å². The summed E-state index contributed by atoms with van der Waals surface area (Å²) >= 11 is 0. The maximum Gasteiger partial charge on any atom is 0.416 e. The second-order valence-electron chi connectivity index (χ2n) is 5.65. The SMILES string of the molecule is C#CN(C)S(=O)(=O)c1cccc(CN(C)c2ccc(C(F)(F)F)cc2)c1. The number of alkyl halides is 3. The van der Waals surface area contributed by atoms with Crippen LogP contribution in [0.4, 0.5) is 18.9 Å². The molecule has 8 heteroatoms. The summed E-state index contributed by atoms with van der Waals surface area (Å²) in [5.41, 5.74) is 0.533. The largest absolute Gasteiger partial charge is 0.416 e. The van der Waals surface area contributed by atoms with Gasteiger partial charge in [0, 0.05) is 32.4 Å². The smallest absolute Gasteiger partial charge is 0.370 e. The highest BCUT2D eigenvalue weighted by molar-refractivity contribution is 7.89. The van der Waals surface area contributed by atoms with E-state index in [-0.39, 0.29) is 4.90 Å². The van der Waals surface area contributed by atoms with Crippen LogP contribution in [0.25, 0.3) is 0 Å². The molecule has 2 rings (SSSR count). The number of anilines is 1. The molecule has 0 heterocycles. The number of nitrogens with zero attached hydrogens (tertiary/aromatic N) is 2. The van der Waals surface area contributed by atoms with Crippen molar-refractivity contribution in [3.05, 3.63) is 59.7 Å². The number of hydrogen-bond acceptors (Lipinski definition) is 3. The maximum atomic E-state index is 12.6. The lowest BCUT2D eigenvalue weighted by Crippen LogP contribution is -2.22. The van der Waals surface area contributed by atoms with Crippen molar-refractivity contribution < 1.29 is 21.6 Å². The van der Waals surface area contributed by atoms with E-state index in [0.29, 0.717) is 17.8 Å². The second kappa shape index (κ2) is 7.30. The van der Waals surface area contributed by atoms with Crippen LogP contribution in [0.2, 0.25) is 0 Å². The van der Waals surface area contributed by atoms with Crippen LogP contribution in [0.1, 0.15) is 11.1 Å². The predicted molar refractivity (Wildman–Crippen MR) is 93.8 cm³/mol. The van der Waals surface area contributed by atoms with Gasteiger partial charge in [0.1, 0.15) is 0 Å². The van der Waals surface area contributed by atoms with Gasteiger partial charge in [-0.2, -0.15) is 13.2 Å². The number of halogens is 3. The van der Waals surface area contributed by atoms with Crippen molar-refractivity contribution in [1.29, 1.82) is 0 Å². The average molecular weight is 382 g/mol. The molecule has 2 aromatic carbocycles. The van der Waals surface area contributed by atoms with E-state index in [0.717, 1.165) is 16.4 Å². The first-order valence-corrected chi connectivity index (χ1v) is 8.92. The van der Waals surface area contributed by atoms with Gasteiger partial charge in [0.25, 0.3) is 10.0 Å². The fourth-order valence-electron chi connectivity index (χ4n) is 2.30. The number of benzene rings is 2. The molecule has 26 heavy (non-hydrogen) atoms. The molecule has 0 N–H and O–H groups in total. The topological polar surface area (TPSA) is 40.6 Å². The van der Waals surface area contributed by atoms with E-state index in [2.05, 4.69) is 6.04 Å². The summed E-state index contributed by atoms with van der Waals surface area (Å²) in [4.78, 5) is 1.77. The van der Waals surface area contributed by atoms with Crippen molar-refractivity contribution in [3.63, 3.8) is 0 Å². The summed E-state index contributed by atoms with van der Waals surface area (Å²) in [5, 5.41) is 0. The molecule has 0 saturated carbocycles. The Balaban J connectivity index is 2.21. The van der Waals surface area contributed by atoms with Crippen LogP contribution in [0.5, 0.6) is 0 Å². The molecule has 0 saturated heterocycles. The minimum absolute atomic E-state index is 0.0521. The van der Waals surface area contributed by atoms with Crippen LogP contribution in [-0.2, 0) is 22.7 Å². The number of sulfonamides is 1. The molecule has 0 fully saturated rings. The zero-order chi connectivity index (χ0) is 19.5. The first-order chi connectivity index (χ1) is 12.1. The summed E-state index contributed by atoms with van der Waals surface area (Å²) in [6.45, 7) is 0.314. The van der Waals surface area contributed by atoms with Gasteiger partial charge >= 0.3 is 6.18 Å². The molecule has 2 aromatic rings. The van der Waals surface area contributed by atoms with Gasteiger partial charge in [-0.15, -0.1) is 0 Å². The molecule has 0 atom stereocenters. The Morgan fingerprint density at radius 3 is 2.23 bits per heavy atom. The summed E-state index contributed by atoms with van der Waals surface area (Å²) in [6, 6.07) is 13.1. The highest BCUT2D eigenvalue weighted by Gasteiger charge is 2.30. The van der Waals surface area contributed by atoms with Gasteiger partial charge in [-0.3, -0.25) is 0 Å². The standard InChI is InChI=1S/C18H17F3N2O2S/c1-4-23(3)26(24,25)17-7-5-6-14(12-17)13-22(2)16-10-8-15(9-11-16)18(19,20)21/h1,5-12H,13H2,2-3H3. The Morgan fingerprint density at radius 1 is 1.08 bits per heavy atom. The van der Waals surface area contributed by atoms with Crippen molar-refractivity contribution in [2.24, 2.45) is 0 Å². The van der Waals surface area contributed by atoms with Gasteiger partial charge in [-0.25, -0.2) is 12.7 Å². The molecule has 0 aliphatic rings. The van der Waals surface area contributed by atoms with Crippen molar-refractivity contribution in [1.82, 2.24) is 4.31 Å². The Morgan fingerprint density at radius 2 is 1.69 bits per heavy atom. The first-order valence-electron chi connectivity index (χ1n) is 7.48. The molecule has 0 aliphatic carbocycles. The van der Waals surface area contributed by atoms with Gasteiger partial charge < -0.3 is 4.90 Å². The summed E-state index contributed by atoms with van der Waals surface area (Å²) < 4.78 is 63.2. The van der Waals surface area contributed by atoms with E-state index in [9.17, 15) is 21.6 Å². The summed E-state index contributed by atoms with van der Waals surface area (Å²) in [7, 11) is -0.800. The quantitative estimate of drug-likeness (QED) is 0.587. The van der Waals surface area contributed by atoms with E-state index >= 15 is 0 Å². The van der Waals surface area contributed by atoms with Crippen LogP contribution in [0.15, 0.2) is 53.4 Å². The normalized spacial score (nSPS) is 11.7. The lowest BCUT2D eigenvalue weighted by atomic mass is 10.1. The molecular weight excluding hydrogens is 365 g/mol. The third-order valence-electron chi connectivity index (χ3n) is 3.79. The van der Waals surface area contributed by atoms with Crippen LogP contribution in [0.3, 0.4) is 0 Å². The number of hydrogen-bond donors (Lipinski definition) is 0. The lowest BCUT2D eigenvalue weighted by molar-refractivity contribution is -0.137. The fraction of sp³-hybridized carbons (Fsp3) is 0.222. The van der Waals surface area contributed by atoms with Crippen molar-refractivity contribution >= 4 is 15.7 Å². The van der Waals surface area contributed by atoms with Crippen LogP contribution < -0.4 is 4.90 Å². The molecule has 0 radical (unpaired) electrons. The van der Waals surface area contributed by atoms with E-state index in [1.807, 2.05) is 0 Å². The van der Waals surface area contributed by atoms with Crippen molar-refractivity contribution in [2.75, 3.05) is 19.0 Å². The number of terminal acetylenes is 1. The molecule has 0 unspecified atom stereocenters. The molecule has 0 amide bonds. The van der Waals surface area contributed by atoms with E-state index in [1.54, 1.807) is 24.1 Å². The van der Waals surface area contributed by atoms with Crippen molar-refractivity contribution in [3.8, 4) is 12.5 Å². The van der Waals surface area contributed by atoms with E-state index in [4.69, 9.17) is 6.42 Å². The molecule has 0 aliphatic heterocycles. The fourth-order valence-corrected chi connectivity index (χ4v) is 3.31. The molecule has 0 aromatic heterocycles. The van der Waals surface area contributed by atoms with Gasteiger partial charge in [0.15, 0.2) is 0 Å². The van der Waals surface area contributed by atoms with Crippen LogP contribution in [0, 0.1) is 12.5 Å². The molecule has 0 spiro atoms. The Kier molecular flexibility index (Phi) is 5.52. The second-order valence-corrected chi connectivity index (χ2v) is 7.62. The third-order valence-corrected chi connectivity index (χ3v) is 5.47. The number of rotatable bonds is 5. The third kappa shape index (κ3) is 4.29. The summed E-state index contributed by atoms with van der Waals surface area (Å²) in [5.74, 6) is 0. The minimum atomic E-state index is -4.39. The maximum absolute atomic E-state index is 12.6. The monoisotopic (exact) mass is 382 g/mol. The van der Waals surface area contributed by atoms with E-state index in [1.165, 1.54) is 31.3 Å². The molecule has 4 nitrogen and oxygen atoms in total. The van der Waals surface area contributed by atoms with E-state index < -0.39 is 21.8 Å². The summed E-state index contributed by atoms with van der Waals surface area (Å²) in [6.07, 6.45) is 0.755. The minimum Gasteiger partial charge on any atom is -0.370 e. The van der Waals surface area contributed by atoms with Gasteiger partial charge in [-0.05, 0) is 42.0 Å². The zero-order valence-electron chi connectivity index (χ0n) is 14.2. The predicted octanol–water partition coefficient (Wildman–Crippen LogP) is 3.55. The van der Waals surface area contributed by atoms with Gasteiger partial charge in [-0.1, -0.05) is 18.6 Å². The average Bonchev–Trinajstić information content (AvgIpc) is 2.60. The molecular formula is C18H17F3N2O2S. The highest BCUT2D eigenvalue weighted by Crippen LogP contribution is 2.30. The molecule has 0 bridgehead atoms. The first kappa shape index (κ1) is 19.7.